The van der Waals surface area contributed by atoms with Gasteiger partial charge in [0.05, 0.1) is 11.4 Å². The van der Waals surface area contributed by atoms with Crippen LogP contribution in [0.4, 0.5) is 31.9 Å². The molecule has 2 atom stereocenters. The number of carbonyl (C=O) groups excluding carboxylic acids is 1. The second-order valence-electron chi connectivity index (χ2n) is 11.0. The number of anilines is 4. The van der Waals surface area contributed by atoms with Crippen molar-refractivity contribution < 1.29 is 9.18 Å². The second kappa shape index (κ2) is 11.2. The largest absolute Gasteiger partial charge is 0.370 e. The van der Waals surface area contributed by atoms with Crippen LogP contribution in [0.1, 0.15) is 56.6 Å². The van der Waals surface area contributed by atoms with Crippen molar-refractivity contribution in [2.75, 3.05) is 40.1 Å². The molecule has 8 heteroatoms. The first-order valence-corrected chi connectivity index (χ1v) is 14.4. The number of hydrogen-bond acceptors (Lipinski definition) is 4. The Labute approximate surface area is 234 Å². The van der Waals surface area contributed by atoms with Crippen LogP contribution in [-0.2, 0) is 6.42 Å². The van der Waals surface area contributed by atoms with E-state index in [4.69, 9.17) is 0 Å². The van der Waals surface area contributed by atoms with Gasteiger partial charge in [0.1, 0.15) is 17.2 Å². The molecular weight excluding hydrogens is 503 g/mol. The molecule has 2 aromatic heterocycles. The van der Waals surface area contributed by atoms with Gasteiger partial charge in [0.15, 0.2) is 0 Å². The standard InChI is InChI=1S/C32H37FN6O/c1-3-22-19-35-31-26(14-15-34-31)30(22)38-16-7-10-24(20-38)23-9-4-11-25(18-23)36-32(40)37-29-27(33)12-5-13-28(29)39-17-6-8-21(39)2/h4-5,9,11-15,18-19,21,24H,3,6-8,10,16-17,20H2,1-2H3,(H,34,35)(H2,36,37,40). The molecule has 2 saturated heterocycles. The number of para-hydroxylation sites is 1. The zero-order valence-corrected chi connectivity index (χ0v) is 23.2. The van der Waals surface area contributed by atoms with Gasteiger partial charge >= 0.3 is 6.03 Å². The van der Waals surface area contributed by atoms with Crippen molar-refractivity contribution in [2.45, 2.75) is 57.9 Å². The maximum atomic E-state index is 14.9. The number of nitrogens with one attached hydrogen (secondary N) is 3. The van der Waals surface area contributed by atoms with Crippen molar-refractivity contribution in [3.63, 3.8) is 0 Å². The molecule has 3 N–H and O–H groups in total. The summed E-state index contributed by atoms with van der Waals surface area (Å²) in [5.74, 6) is -0.0952. The smallest absolute Gasteiger partial charge is 0.323 e. The predicted octanol–water partition coefficient (Wildman–Crippen LogP) is 7.28. The fourth-order valence-electron chi connectivity index (χ4n) is 6.43. The lowest BCUT2D eigenvalue weighted by Crippen LogP contribution is -2.35. The molecule has 40 heavy (non-hydrogen) atoms. The number of fused-ring (bicyclic) bond motifs is 1. The molecule has 2 amide bonds. The Morgan fingerprint density at radius 2 is 1.95 bits per heavy atom. The summed E-state index contributed by atoms with van der Waals surface area (Å²) >= 11 is 0. The highest BCUT2D eigenvalue weighted by atomic mass is 19.1. The SMILES string of the molecule is CCc1cnc2[nH]ccc2c1N1CCCC(c2cccc(NC(=O)Nc3c(F)cccc3N3CCCC3C)c2)C1. The molecule has 2 aliphatic rings. The van der Waals surface area contributed by atoms with Crippen molar-refractivity contribution in [3.05, 3.63) is 77.9 Å². The molecule has 208 valence electrons. The van der Waals surface area contributed by atoms with E-state index in [-0.39, 0.29) is 5.69 Å². The Hall–Kier alpha value is -4.07. The van der Waals surface area contributed by atoms with Crippen LogP contribution in [0.3, 0.4) is 0 Å². The topological polar surface area (TPSA) is 76.3 Å². The van der Waals surface area contributed by atoms with E-state index in [2.05, 4.69) is 62.4 Å². The summed E-state index contributed by atoms with van der Waals surface area (Å²) in [4.78, 5) is 25.6. The number of nitrogens with zero attached hydrogens (tertiary/aromatic N) is 3. The number of halogens is 1. The van der Waals surface area contributed by atoms with Crippen molar-refractivity contribution in [2.24, 2.45) is 0 Å². The molecule has 2 fully saturated rings. The molecule has 0 radical (unpaired) electrons. The summed E-state index contributed by atoms with van der Waals surface area (Å²) < 4.78 is 14.9. The van der Waals surface area contributed by atoms with E-state index in [1.54, 1.807) is 6.07 Å². The minimum absolute atomic E-state index is 0.230. The Bertz CT molecular complexity index is 1520. The average Bonchev–Trinajstić information content (AvgIpc) is 3.62. The van der Waals surface area contributed by atoms with Crippen molar-refractivity contribution in [3.8, 4) is 0 Å². The number of aromatic nitrogens is 2. The van der Waals surface area contributed by atoms with Gasteiger partial charge in [0, 0.05) is 55.1 Å². The monoisotopic (exact) mass is 540 g/mol. The fourth-order valence-corrected chi connectivity index (χ4v) is 6.43. The van der Waals surface area contributed by atoms with Gasteiger partial charge < -0.3 is 25.4 Å². The van der Waals surface area contributed by atoms with E-state index in [0.29, 0.717) is 17.6 Å². The van der Waals surface area contributed by atoms with Crippen LogP contribution in [0.2, 0.25) is 0 Å². The van der Waals surface area contributed by atoms with Gasteiger partial charge in [-0.25, -0.2) is 14.2 Å². The van der Waals surface area contributed by atoms with Crippen LogP contribution in [0.5, 0.6) is 0 Å². The van der Waals surface area contributed by atoms with Gasteiger partial charge in [-0.05, 0) is 80.5 Å². The van der Waals surface area contributed by atoms with Gasteiger partial charge in [-0.1, -0.05) is 25.1 Å². The number of hydrogen-bond donors (Lipinski definition) is 3. The van der Waals surface area contributed by atoms with Crippen LogP contribution < -0.4 is 20.4 Å². The third kappa shape index (κ3) is 5.10. The van der Waals surface area contributed by atoms with Crippen LogP contribution in [0.15, 0.2) is 60.9 Å². The van der Waals surface area contributed by atoms with Crippen LogP contribution in [0.25, 0.3) is 11.0 Å². The second-order valence-corrected chi connectivity index (χ2v) is 11.0. The number of piperidine rings is 1. The highest BCUT2D eigenvalue weighted by molar-refractivity contribution is 6.02. The van der Waals surface area contributed by atoms with Crippen molar-refractivity contribution >= 4 is 39.8 Å². The zero-order chi connectivity index (χ0) is 27.6. The third-order valence-corrected chi connectivity index (χ3v) is 8.46. The minimum atomic E-state index is -0.445. The summed E-state index contributed by atoms with van der Waals surface area (Å²) in [5.41, 5.74) is 6.31. The molecule has 6 rings (SSSR count). The fraction of sp³-hybridized carbons (Fsp3) is 0.375. The summed E-state index contributed by atoms with van der Waals surface area (Å²) in [6.45, 7) is 7.08. The van der Waals surface area contributed by atoms with Gasteiger partial charge in [-0.3, -0.25) is 0 Å². The molecular formula is C32H37FN6O. The summed E-state index contributed by atoms with van der Waals surface area (Å²) in [6, 6.07) is 15.0. The molecule has 0 spiro atoms. The van der Waals surface area contributed by atoms with E-state index >= 15 is 0 Å². The lowest BCUT2D eigenvalue weighted by Gasteiger charge is -2.36. The lowest BCUT2D eigenvalue weighted by atomic mass is 9.89. The first kappa shape index (κ1) is 26.2. The Balaban J connectivity index is 1.18. The lowest BCUT2D eigenvalue weighted by molar-refractivity contribution is 0.262. The van der Waals surface area contributed by atoms with E-state index in [9.17, 15) is 9.18 Å². The number of urea groups is 1. The molecule has 4 aromatic rings. The van der Waals surface area contributed by atoms with Crippen LogP contribution >= 0.6 is 0 Å². The number of aryl methyl sites for hydroxylation is 1. The number of pyridine rings is 1. The first-order valence-electron chi connectivity index (χ1n) is 14.4. The Kier molecular flexibility index (Phi) is 7.32. The van der Waals surface area contributed by atoms with Crippen LogP contribution in [-0.4, -0.2) is 41.7 Å². The molecule has 0 aliphatic carbocycles. The molecule has 0 bridgehead atoms. The Morgan fingerprint density at radius 3 is 2.77 bits per heavy atom. The van der Waals surface area contributed by atoms with Gasteiger partial charge in [0.25, 0.3) is 0 Å². The van der Waals surface area contributed by atoms with Crippen molar-refractivity contribution in [1.29, 1.82) is 0 Å². The predicted molar refractivity (Wildman–Crippen MR) is 161 cm³/mol. The molecule has 2 unspecified atom stereocenters. The normalized spacial score (nSPS) is 19.3. The summed E-state index contributed by atoms with van der Waals surface area (Å²) in [6.07, 6.45) is 9.17. The number of aromatic amines is 1. The van der Waals surface area contributed by atoms with Gasteiger partial charge in [-0.2, -0.15) is 0 Å². The zero-order valence-electron chi connectivity index (χ0n) is 23.2. The number of amides is 2. The number of H-pyrrole nitrogens is 1. The van der Waals surface area contributed by atoms with E-state index in [0.717, 1.165) is 63.1 Å². The number of rotatable bonds is 6. The van der Waals surface area contributed by atoms with Crippen molar-refractivity contribution in [1.82, 2.24) is 9.97 Å². The first-order chi connectivity index (χ1) is 19.5. The summed E-state index contributed by atoms with van der Waals surface area (Å²) in [7, 11) is 0. The number of benzene rings is 2. The average molecular weight is 541 g/mol. The van der Waals surface area contributed by atoms with Gasteiger partial charge in [-0.15, -0.1) is 0 Å². The van der Waals surface area contributed by atoms with E-state index in [1.165, 1.54) is 28.3 Å². The highest BCUT2D eigenvalue weighted by Crippen LogP contribution is 2.37. The molecule has 0 saturated carbocycles. The van der Waals surface area contributed by atoms with E-state index < -0.39 is 11.8 Å². The minimum Gasteiger partial charge on any atom is -0.370 e. The Morgan fingerprint density at radius 1 is 1.10 bits per heavy atom. The quantitative estimate of drug-likeness (QED) is 0.240. The van der Waals surface area contributed by atoms with Crippen LogP contribution in [0, 0.1) is 5.82 Å². The molecule has 4 heterocycles. The van der Waals surface area contributed by atoms with Gasteiger partial charge in [0.2, 0.25) is 0 Å². The molecule has 2 aliphatic heterocycles. The number of carbonyl (C=O) groups is 1. The maximum Gasteiger partial charge on any atom is 0.323 e. The molecule has 7 nitrogen and oxygen atoms in total. The third-order valence-electron chi connectivity index (χ3n) is 8.46. The molecule has 2 aromatic carbocycles. The maximum absolute atomic E-state index is 14.9. The summed E-state index contributed by atoms with van der Waals surface area (Å²) in [5, 5.41) is 6.91. The van der Waals surface area contributed by atoms with E-state index in [1.807, 2.05) is 30.6 Å². The highest BCUT2D eigenvalue weighted by Gasteiger charge is 2.26.